The molecule has 1 aromatic carbocycles. The number of benzene rings is 1. The Hall–Kier alpha value is -2.43. The van der Waals surface area contributed by atoms with E-state index in [0.717, 1.165) is 11.3 Å². The van der Waals surface area contributed by atoms with Crippen LogP contribution in [0.15, 0.2) is 34.5 Å². The monoisotopic (exact) mass is 480 g/mol. The number of methoxy groups -OCH3 is 1. The second-order valence-electron chi connectivity index (χ2n) is 7.33. The Morgan fingerprint density at radius 1 is 1.19 bits per heavy atom. The van der Waals surface area contributed by atoms with Crippen LogP contribution >= 0.6 is 11.3 Å². The fourth-order valence-corrected chi connectivity index (χ4v) is 7.25. The molecule has 2 aromatic rings. The number of carbonyl (C=O) groups is 2. The van der Waals surface area contributed by atoms with Crippen LogP contribution in [0.2, 0.25) is 0 Å². The third-order valence-electron chi connectivity index (χ3n) is 5.41. The van der Waals surface area contributed by atoms with Crippen LogP contribution in [0.25, 0.3) is 0 Å². The highest BCUT2D eigenvalue weighted by atomic mass is 32.2. The summed E-state index contributed by atoms with van der Waals surface area (Å²) < 4.78 is 38.4. The highest BCUT2D eigenvalue weighted by Gasteiger charge is 2.37. The van der Waals surface area contributed by atoms with Crippen LogP contribution in [0.4, 0.5) is 0 Å². The molecular weight excluding hydrogens is 452 g/mol. The Morgan fingerprint density at radius 2 is 1.84 bits per heavy atom. The first-order valence-corrected chi connectivity index (χ1v) is 12.7. The van der Waals surface area contributed by atoms with Crippen molar-refractivity contribution in [3.8, 4) is 5.75 Å². The molecule has 2 heterocycles. The molecule has 10 heteroatoms. The summed E-state index contributed by atoms with van der Waals surface area (Å²) in [5.41, 5.74) is 0.744. The maximum atomic E-state index is 13.2. The SMILES string of the molecule is CCN(CC)S(=O)(=O)c1sc2c(c1C(=O)OC)CCN(C(=O)C(C)Oc1ccccc1)C2. The van der Waals surface area contributed by atoms with Crippen LogP contribution in [0, 0.1) is 0 Å². The Labute approximate surface area is 192 Å². The molecule has 1 aliphatic heterocycles. The number of sulfonamides is 1. The molecule has 0 fully saturated rings. The molecule has 8 nitrogen and oxygen atoms in total. The normalized spacial score (nSPS) is 14.7. The fraction of sp³-hybridized carbons (Fsp3) is 0.455. The summed E-state index contributed by atoms with van der Waals surface area (Å²) in [5.74, 6) is -0.266. The van der Waals surface area contributed by atoms with Crippen LogP contribution in [-0.2, 0) is 32.5 Å². The molecule has 174 valence electrons. The van der Waals surface area contributed by atoms with E-state index in [1.54, 1.807) is 37.8 Å². The lowest BCUT2D eigenvalue weighted by Crippen LogP contribution is -2.43. The highest BCUT2D eigenvalue weighted by molar-refractivity contribution is 7.91. The second-order valence-corrected chi connectivity index (χ2v) is 10.6. The molecule has 3 rings (SSSR count). The van der Waals surface area contributed by atoms with Gasteiger partial charge in [-0.25, -0.2) is 13.2 Å². The molecule has 32 heavy (non-hydrogen) atoms. The number of hydrogen-bond donors (Lipinski definition) is 0. The third kappa shape index (κ3) is 4.67. The van der Waals surface area contributed by atoms with E-state index < -0.39 is 22.1 Å². The number of para-hydroxylation sites is 1. The molecule has 0 radical (unpaired) electrons. The van der Waals surface area contributed by atoms with Gasteiger partial charge in [0, 0.05) is 24.5 Å². The Kier molecular flexibility index (Phi) is 7.58. The fourth-order valence-electron chi connectivity index (χ4n) is 3.75. The van der Waals surface area contributed by atoms with E-state index in [0.29, 0.717) is 42.2 Å². The van der Waals surface area contributed by atoms with Crippen molar-refractivity contribution in [1.29, 1.82) is 0 Å². The maximum Gasteiger partial charge on any atom is 0.340 e. The first-order chi connectivity index (χ1) is 15.2. The summed E-state index contributed by atoms with van der Waals surface area (Å²) >= 11 is 1.04. The van der Waals surface area contributed by atoms with Crippen molar-refractivity contribution < 1.29 is 27.5 Å². The van der Waals surface area contributed by atoms with E-state index in [2.05, 4.69) is 0 Å². The van der Waals surface area contributed by atoms with E-state index in [-0.39, 0.29) is 22.2 Å². The molecule has 1 unspecified atom stereocenters. The average molecular weight is 481 g/mol. The number of thiophene rings is 1. The van der Waals surface area contributed by atoms with Crippen LogP contribution in [0.1, 0.15) is 41.6 Å². The number of rotatable bonds is 8. The number of amides is 1. The van der Waals surface area contributed by atoms with Crippen LogP contribution in [0.5, 0.6) is 5.75 Å². The van der Waals surface area contributed by atoms with Gasteiger partial charge in [0.2, 0.25) is 0 Å². The number of hydrogen-bond acceptors (Lipinski definition) is 7. The zero-order valence-corrected chi connectivity index (χ0v) is 20.3. The van der Waals surface area contributed by atoms with Crippen LogP contribution in [0.3, 0.4) is 0 Å². The van der Waals surface area contributed by atoms with E-state index in [9.17, 15) is 18.0 Å². The Bertz CT molecular complexity index is 1080. The van der Waals surface area contributed by atoms with Gasteiger partial charge in [0.15, 0.2) is 6.10 Å². The topological polar surface area (TPSA) is 93.2 Å². The quantitative estimate of drug-likeness (QED) is 0.540. The lowest BCUT2D eigenvalue weighted by atomic mass is 10.0. The Morgan fingerprint density at radius 3 is 2.44 bits per heavy atom. The zero-order valence-electron chi connectivity index (χ0n) is 18.7. The van der Waals surface area contributed by atoms with Gasteiger partial charge in [0.25, 0.3) is 15.9 Å². The lowest BCUT2D eigenvalue weighted by molar-refractivity contribution is -0.138. The number of carbonyl (C=O) groups excluding carboxylic acids is 2. The molecule has 0 aliphatic carbocycles. The summed E-state index contributed by atoms with van der Waals surface area (Å²) in [6, 6.07) is 9.09. The van der Waals surface area contributed by atoms with Crippen molar-refractivity contribution in [3.05, 3.63) is 46.3 Å². The molecule has 1 aliphatic rings. The van der Waals surface area contributed by atoms with Gasteiger partial charge in [-0.15, -0.1) is 11.3 Å². The molecule has 0 bridgehead atoms. The minimum Gasteiger partial charge on any atom is -0.481 e. The first-order valence-electron chi connectivity index (χ1n) is 10.5. The van der Waals surface area contributed by atoms with E-state index in [1.165, 1.54) is 11.4 Å². The number of esters is 1. The second kappa shape index (κ2) is 10.0. The molecule has 0 spiro atoms. The molecule has 0 saturated heterocycles. The zero-order chi connectivity index (χ0) is 23.5. The molecule has 0 N–H and O–H groups in total. The molecular formula is C22H28N2O6S2. The highest BCUT2D eigenvalue weighted by Crippen LogP contribution is 2.38. The van der Waals surface area contributed by atoms with Gasteiger partial charge < -0.3 is 14.4 Å². The maximum absolute atomic E-state index is 13.2. The van der Waals surface area contributed by atoms with Crippen molar-refractivity contribution in [2.75, 3.05) is 26.7 Å². The van der Waals surface area contributed by atoms with E-state index in [1.807, 2.05) is 18.2 Å². The predicted octanol–water partition coefficient (Wildman–Crippen LogP) is 2.92. The Balaban J connectivity index is 1.90. The largest absolute Gasteiger partial charge is 0.481 e. The van der Waals surface area contributed by atoms with Crippen molar-refractivity contribution in [3.63, 3.8) is 0 Å². The van der Waals surface area contributed by atoms with Crippen LogP contribution < -0.4 is 4.74 Å². The van der Waals surface area contributed by atoms with Gasteiger partial charge in [0.1, 0.15) is 9.96 Å². The van der Waals surface area contributed by atoms with Gasteiger partial charge in [-0.05, 0) is 31.0 Å². The molecule has 0 saturated carbocycles. The summed E-state index contributed by atoms with van der Waals surface area (Å²) in [4.78, 5) is 27.8. The third-order valence-corrected chi connectivity index (χ3v) is 9.17. The van der Waals surface area contributed by atoms with Crippen molar-refractivity contribution in [2.24, 2.45) is 0 Å². The van der Waals surface area contributed by atoms with Crippen molar-refractivity contribution in [2.45, 2.75) is 44.0 Å². The predicted molar refractivity (Wildman–Crippen MR) is 121 cm³/mol. The summed E-state index contributed by atoms with van der Waals surface area (Å²) in [5, 5.41) is 0. The standard InChI is InChI=1S/C22H28N2O6S2/c1-5-24(6-2)32(27,28)22-19(21(26)29-4)17-12-13-23(14-18(17)31-22)20(25)15(3)30-16-10-8-7-9-11-16/h7-11,15H,5-6,12-14H2,1-4H3. The summed E-state index contributed by atoms with van der Waals surface area (Å²) in [6.45, 7) is 6.36. The minimum absolute atomic E-state index is 0.0130. The lowest BCUT2D eigenvalue weighted by Gasteiger charge is -2.29. The summed E-state index contributed by atoms with van der Waals surface area (Å²) in [7, 11) is -2.62. The smallest absolute Gasteiger partial charge is 0.340 e. The van der Waals surface area contributed by atoms with E-state index >= 15 is 0 Å². The van der Waals surface area contributed by atoms with Gasteiger partial charge in [-0.1, -0.05) is 32.0 Å². The minimum atomic E-state index is -3.85. The summed E-state index contributed by atoms with van der Waals surface area (Å²) in [6.07, 6.45) is -0.328. The molecule has 1 amide bonds. The first kappa shape index (κ1) is 24.2. The van der Waals surface area contributed by atoms with Gasteiger partial charge in [0.05, 0.1) is 19.2 Å². The van der Waals surface area contributed by atoms with E-state index in [4.69, 9.17) is 9.47 Å². The van der Waals surface area contributed by atoms with Gasteiger partial charge in [-0.2, -0.15) is 4.31 Å². The van der Waals surface area contributed by atoms with Crippen molar-refractivity contribution in [1.82, 2.24) is 9.21 Å². The molecule has 1 aromatic heterocycles. The van der Waals surface area contributed by atoms with Crippen molar-refractivity contribution >= 4 is 33.2 Å². The number of fused-ring (bicyclic) bond motifs is 1. The van der Waals surface area contributed by atoms with Crippen LogP contribution in [-0.4, -0.2) is 62.3 Å². The van der Waals surface area contributed by atoms with Gasteiger partial charge in [-0.3, -0.25) is 4.79 Å². The molecule has 1 atom stereocenters. The number of ether oxygens (including phenoxy) is 2. The average Bonchev–Trinajstić information content (AvgIpc) is 3.19. The number of nitrogens with zero attached hydrogens (tertiary/aromatic N) is 2. The van der Waals surface area contributed by atoms with Gasteiger partial charge >= 0.3 is 5.97 Å².